The zero-order chi connectivity index (χ0) is 22.3. The van der Waals surface area contributed by atoms with Crippen molar-refractivity contribution in [1.82, 2.24) is 4.98 Å². The van der Waals surface area contributed by atoms with Crippen LogP contribution >= 0.6 is 0 Å². The van der Waals surface area contributed by atoms with Crippen LogP contribution in [0.2, 0.25) is 0 Å². The smallest absolute Gasteiger partial charge is 0.229 e. The lowest BCUT2D eigenvalue weighted by Crippen LogP contribution is -2.64. The summed E-state index contributed by atoms with van der Waals surface area (Å²) in [6.07, 6.45) is 8.44. The number of benzene rings is 2. The summed E-state index contributed by atoms with van der Waals surface area (Å²) in [7, 11) is 0. The predicted octanol–water partition coefficient (Wildman–Crippen LogP) is 6.93. The number of anilines is 1. The fourth-order valence-electron chi connectivity index (χ4n) is 5.87. The molecule has 3 aromatic rings. The Morgan fingerprint density at radius 3 is 2.56 bits per heavy atom. The van der Waals surface area contributed by atoms with E-state index in [-0.39, 0.29) is 5.82 Å². The van der Waals surface area contributed by atoms with E-state index in [0.29, 0.717) is 0 Å². The molecule has 1 atom stereocenters. The van der Waals surface area contributed by atoms with Gasteiger partial charge in [-0.25, -0.2) is 4.39 Å². The summed E-state index contributed by atoms with van der Waals surface area (Å²) in [4.78, 5) is 11.9. The highest BCUT2D eigenvalue weighted by Gasteiger charge is 2.63. The molecule has 0 saturated heterocycles. The Balaban J connectivity index is 1.80. The molecule has 1 aromatic heterocycles. The number of pyridine rings is 1. The van der Waals surface area contributed by atoms with E-state index in [4.69, 9.17) is 9.73 Å². The molecule has 5 rings (SSSR count). The van der Waals surface area contributed by atoms with Gasteiger partial charge in [-0.2, -0.15) is 0 Å². The van der Waals surface area contributed by atoms with Gasteiger partial charge in [0.05, 0.1) is 11.6 Å². The van der Waals surface area contributed by atoms with Gasteiger partial charge in [0.25, 0.3) is 0 Å². The second-order valence-electron chi connectivity index (χ2n) is 8.94. The van der Waals surface area contributed by atoms with Gasteiger partial charge in [-0.05, 0) is 55.2 Å². The molecule has 0 radical (unpaired) electrons. The first-order valence-electron chi connectivity index (χ1n) is 11.8. The van der Waals surface area contributed by atoms with Crippen molar-refractivity contribution in [2.24, 2.45) is 4.99 Å². The van der Waals surface area contributed by atoms with E-state index in [9.17, 15) is 4.39 Å². The number of aliphatic imine (C=N–C) groups is 1. The van der Waals surface area contributed by atoms with Gasteiger partial charge in [0, 0.05) is 23.8 Å². The second kappa shape index (κ2) is 7.88. The molecule has 1 unspecified atom stereocenters. The summed E-state index contributed by atoms with van der Waals surface area (Å²) in [6.45, 7) is 7.35. The third-order valence-corrected chi connectivity index (χ3v) is 7.00. The van der Waals surface area contributed by atoms with Crippen LogP contribution in [0.4, 0.5) is 15.8 Å². The highest BCUT2D eigenvalue weighted by atomic mass is 19.1. The second-order valence-corrected chi connectivity index (χ2v) is 8.94. The number of ether oxygens (including phenoxy) is 1. The summed E-state index contributed by atoms with van der Waals surface area (Å²) in [5.74, 6) is 0.519. The summed E-state index contributed by atoms with van der Waals surface area (Å²) >= 11 is 0. The topological polar surface area (TPSA) is 37.7 Å². The fourth-order valence-corrected chi connectivity index (χ4v) is 5.87. The molecule has 0 N–H and O–H groups in total. The lowest BCUT2D eigenvalue weighted by molar-refractivity contribution is 0.0480. The molecule has 4 nitrogen and oxygen atoms in total. The minimum Gasteiger partial charge on any atom is -0.457 e. The van der Waals surface area contributed by atoms with E-state index < -0.39 is 11.1 Å². The van der Waals surface area contributed by atoms with Crippen LogP contribution in [0.25, 0.3) is 10.9 Å². The standard InChI is InChI=1S/C27H30FN3O/c1-4-13-26(14-5-2)21-17-20(28)10-12-23(21)31(16-6-3)27(26)18-30-22-11-9-19-8-7-15-29-24(19)25(22)32-27/h7-12,15,17-18H,4-6,13-14,16H2,1-3H3. The summed E-state index contributed by atoms with van der Waals surface area (Å²) in [5.41, 5.74) is 2.49. The molecular formula is C27H30FN3O. The SMILES string of the molecule is CCCN1c2ccc(F)cc2C(CCC)(CCC)C12C=Nc1ccc3cccnc3c1O2. The van der Waals surface area contributed by atoms with Gasteiger partial charge in [-0.3, -0.25) is 9.98 Å². The van der Waals surface area contributed by atoms with E-state index in [1.165, 1.54) is 0 Å². The molecule has 32 heavy (non-hydrogen) atoms. The van der Waals surface area contributed by atoms with E-state index >= 15 is 0 Å². The molecule has 0 amide bonds. The Bertz CT molecular complexity index is 1180. The quantitative estimate of drug-likeness (QED) is 0.424. The molecule has 2 aliphatic rings. The van der Waals surface area contributed by atoms with Gasteiger partial charge in [0.1, 0.15) is 17.0 Å². The van der Waals surface area contributed by atoms with Gasteiger partial charge >= 0.3 is 0 Å². The minimum atomic E-state index is -0.816. The molecule has 3 heterocycles. The Morgan fingerprint density at radius 2 is 1.81 bits per heavy atom. The first-order valence-corrected chi connectivity index (χ1v) is 11.8. The van der Waals surface area contributed by atoms with Crippen molar-refractivity contribution in [3.05, 3.63) is 60.0 Å². The van der Waals surface area contributed by atoms with Crippen molar-refractivity contribution in [1.29, 1.82) is 0 Å². The molecule has 2 aromatic carbocycles. The average molecular weight is 432 g/mol. The number of hydrogen-bond acceptors (Lipinski definition) is 4. The molecule has 0 bridgehead atoms. The number of fused-ring (bicyclic) bond motifs is 4. The van der Waals surface area contributed by atoms with Crippen LogP contribution in [0.15, 0.2) is 53.7 Å². The van der Waals surface area contributed by atoms with Crippen LogP contribution in [-0.2, 0) is 5.41 Å². The molecule has 0 saturated carbocycles. The van der Waals surface area contributed by atoms with Crippen LogP contribution in [0.5, 0.6) is 5.75 Å². The first-order chi connectivity index (χ1) is 15.6. The summed E-state index contributed by atoms with van der Waals surface area (Å²) < 4.78 is 21.7. The lowest BCUT2D eigenvalue weighted by Gasteiger charge is -2.49. The Labute approximate surface area is 189 Å². The first kappa shape index (κ1) is 20.9. The minimum absolute atomic E-state index is 0.200. The molecule has 166 valence electrons. The highest BCUT2D eigenvalue weighted by molar-refractivity contribution is 5.95. The van der Waals surface area contributed by atoms with Crippen LogP contribution in [0, 0.1) is 5.82 Å². The third-order valence-electron chi connectivity index (χ3n) is 7.00. The van der Waals surface area contributed by atoms with Crippen molar-refractivity contribution in [2.75, 3.05) is 11.4 Å². The van der Waals surface area contributed by atoms with Crippen LogP contribution in [0.1, 0.15) is 58.4 Å². The van der Waals surface area contributed by atoms with Crippen molar-refractivity contribution in [2.45, 2.75) is 64.0 Å². The van der Waals surface area contributed by atoms with Gasteiger partial charge in [0.15, 0.2) is 5.75 Å². The molecule has 0 aliphatic carbocycles. The average Bonchev–Trinajstić information content (AvgIpc) is 3.00. The number of rotatable bonds is 6. The lowest BCUT2D eigenvalue weighted by atomic mass is 9.67. The van der Waals surface area contributed by atoms with E-state index in [2.05, 4.69) is 30.7 Å². The molecule has 0 fully saturated rings. The Kier molecular flexibility index (Phi) is 5.15. The normalized spacial score (nSPS) is 20.4. The largest absolute Gasteiger partial charge is 0.457 e. The van der Waals surface area contributed by atoms with Gasteiger partial charge in [-0.15, -0.1) is 0 Å². The fraction of sp³-hybridized carbons (Fsp3) is 0.407. The van der Waals surface area contributed by atoms with E-state index in [1.807, 2.05) is 36.5 Å². The zero-order valence-electron chi connectivity index (χ0n) is 19.1. The number of hydrogen-bond donors (Lipinski definition) is 0. The molecule has 5 heteroatoms. The summed E-state index contributed by atoms with van der Waals surface area (Å²) in [6, 6.07) is 13.2. The van der Waals surface area contributed by atoms with Gasteiger partial charge in [-0.1, -0.05) is 45.7 Å². The third kappa shape index (κ3) is 2.79. The maximum Gasteiger partial charge on any atom is 0.229 e. The van der Waals surface area contributed by atoms with Crippen LogP contribution in [-0.4, -0.2) is 23.5 Å². The van der Waals surface area contributed by atoms with Crippen LogP contribution in [0.3, 0.4) is 0 Å². The Morgan fingerprint density at radius 1 is 1.00 bits per heavy atom. The monoisotopic (exact) mass is 431 g/mol. The van der Waals surface area contributed by atoms with E-state index in [0.717, 1.165) is 72.2 Å². The maximum atomic E-state index is 14.6. The molecule has 1 spiro atoms. The molecular weight excluding hydrogens is 401 g/mol. The van der Waals surface area contributed by atoms with Crippen molar-refractivity contribution in [3.63, 3.8) is 0 Å². The van der Waals surface area contributed by atoms with Gasteiger partial charge in [0.2, 0.25) is 5.72 Å². The van der Waals surface area contributed by atoms with Crippen molar-refractivity contribution < 1.29 is 9.13 Å². The van der Waals surface area contributed by atoms with Crippen LogP contribution < -0.4 is 9.64 Å². The van der Waals surface area contributed by atoms with Gasteiger partial charge < -0.3 is 9.64 Å². The Hall–Kier alpha value is -2.95. The predicted molar refractivity (Wildman–Crippen MR) is 129 cm³/mol. The summed E-state index contributed by atoms with van der Waals surface area (Å²) in [5, 5.41) is 1.03. The molecule has 2 aliphatic heterocycles. The number of nitrogens with zero attached hydrogens (tertiary/aromatic N) is 3. The maximum absolute atomic E-state index is 14.6. The number of aromatic nitrogens is 1. The van der Waals surface area contributed by atoms with E-state index in [1.54, 1.807) is 18.3 Å². The van der Waals surface area contributed by atoms with Crippen molar-refractivity contribution >= 4 is 28.5 Å². The number of halogens is 1. The highest BCUT2D eigenvalue weighted by Crippen LogP contribution is 2.59. The van der Waals surface area contributed by atoms with Crippen molar-refractivity contribution in [3.8, 4) is 5.75 Å². The zero-order valence-corrected chi connectivity index (χ0v) is 19.1.